The molecule has 2 bridgehead atoms. The van der Waals surface area contributed by atoms with Crippen LogP contribution in [0.5, 0.6) is 5.75 Å². The molecule has 2 saturated heterocycles. The SMILES string of the molecule is C[C@@H](NC(=O)c1ccnc2cc(OC(Cc3ccccc3)C(=O)O)ccc12)C(=O)N1CCCC1B1OC2C[C@@H]3C[C@H](C3(C)C)[C@]2(C)O1. The van der Waals surface area contributed by atoms with Crippen molar-refractivity contribution in [3.63, 3.8) is 0 Å². The molecule has 5 aliphatic rings. The fourth-order valence-electron chi connectivity index (χ4n) is 8.57. The van der Waals surface area contributed by atoms with Crippen molar-refractivity contribution in [1.29, 1.82) is 0 Å². The molecule has 7 atom stereocenters. The van der Waals surface area contributed by atoms with E-state index >= 15 is 0 Å². The number of amides is 2. The molecule has 1 aromatic heterocycles. The van der Waals surface area contributed by atoms with Gasteiger partial charge in [0.1, 0.15) is 11.8 Å². The standard InChI is InChI=1S/C36H42BN3O7/c1-21(33(42)40-16-8-11-31(40)37-46-30-19-23-18-29(35(23,2)3)36(30,4)47-37)39-32(41)26-14-15-38-27-20-24(12-13-25(26)27)45-28(34(43)44)17-22-9-6-5-7-10-22/h5-7,9-10,12-15,20-21,23,28-31H,8,11,16-19H2,1-4H3,(H,39,41)(H,43,44)/t21-,23+,28?,29-,30?,31?,36+/m1/s1. The molecule has 8 rings (SSSR count). The zero-order chi connectivity index (χ0) is 33.1. The number of pyridine rings is 1. The third-order valence-corrected chi connectivity index (χ3v) is 11.4. The molecule has 2 amide bonds. The van der Waals surface area contributed by atoms with Crippen LogP contribution >= 0.6 is 0 Å². The lowest BCUT2D eigenvalue weighted by Crippen LogP contribution is -2.65. The number of carboxylic acids is 1. The van der Waals surface area contributed by atoms with Crippen molar-refractivity contribution in [2.75, 3.05) is 6.54 Å². The van der Waals surface area contributed by atoms with Crippen molar-refractivity contribution < 1.29 is 33.5 Å². The minimum Gasteiger partial charge on any atom is -0.478 e. The third-order valence-electron chi connectivity index (χ3n) is 11.4. The predicted molar refractivity (Wildman–Crippen MR) is 176 cm³/mol. The van der Waals surface area contributed by atoms with Gasteiger partial charge in [0.05, 0.1) is 28.7 Å². The van der Waals surface area contributed by atoms with Crippen LogP contribution in [-0.4, -0.2) is 76.2 Å². The van der Waals surface area contributed by atoms with Gasteiger partial charge in [0.25, 0.3) is 5.91 Å². The topological polar surface area (TPSA) is 127 Å². The summed E-state index contributed by atoms with van der Waals surface area (Å²) in [6, 6.07) is 15.1. The first-order chi connectivity index (χ1) is 22.5. The number of nitrogens with zero attached hydrogens (tertiary/aromatic N) is 2. The van der Waals surface area contributed by atoms with E-state index < -0.39 is 31.1 Å². The predicted octanol–water partition coefficient (Wildman–Crippen LogP) is 4.69. The third kappa shape index (κ3) is 5.57. The number of carboxylic acid groups (broad SMARTS) is 1. The highest BCUT2D eigenvalue weighted by atomic mass is 16.7. The number of nitrogens with one attached hydrogen (secondary N) is 1. The van der Waals surface area contributed by atoms with E-state index in [0.717, 1.165) is 24.8 Å². The molecule has 0 spiro atoms. The van der Waals surface area contributed by atoms with E-state index in [-0.39, 0.29) is 35.4 Å². The minimum atomic E-state index is -1.09. The van der Waals surface area contributed by atoms with Crippen LogP contribution in [0.4, 0.5) is 0 Å². The van der Waals surface area contributed by atoms with Crippen LogP contribution in [0.15, 0.2) is 60.8 Å². The van der Waals surface area contributed by atoms with Gasteiger partial charge in [-0.3, -0.25) is 14.6 Å². The summed E-state index contributed by atoms with van der Waals surface area (Å²) in [5, 5.41) is 13.2. The Hall–Kier alpha value is -3.96. The number of likely N-dealkylation sites (tertiary alicyclic amines) is 1. The number of benzene rings is 2. The molecule has 3 unspecified atom stereocenters. The summed E-state index contributed by atoms with van der Waals surface area (Å²) in [4.78, 5) is 45.5. The number of aromatic nitrogens is 1. The lowest BCUT2D eigenvalue weighted by Gasteiger charge is -2.64. The van der Waals surface area contributed by atoms with Gasteiger partial charge < -0.3 is 29.4 Å². The van der Waals surface area contributed by atoms with Gasteiger partial charge >= 0.3 is 13.1 Å². The van der Waals surface area contributed by atoms with E-state index in [1.807, 2.05) is 35.2 Å². The van der Waals surface area contributed by atoms with Crippen LogP contribution in [0.25, 0.3) is 10.9 Å². The number of hydrogen-bond acceptors (Lipinski definition) is 7. The number of fused-ring (bicyclic) bond motifs is 1. The molecule has 246 valence electrons. The fraction of sp³-hybridized carbons (Fsp3) is 0.500. The monoisotopic (exact) mass is 639 g/mol. The maximum atomic E-state index is 13.8. The molecule has 2 aromatic carbocycles. The lowest BCUT2D eigenvalue weighted by atomic mass is 9.43. The molecule has 3 saturated carbocycles. The summed E-state index contributed by atoms with van der Waals surface area (Å²) in [5.41, 5.74) is 1.58. The maximum absolute atomic E-state index is 13.8. The average Bonchev–Trinajstić information content (AvgIpc) is 3.68. The fourth-order valence-corrected chi connectivity index (χ4v) is 8.57. The van der Waals surface area contributed by atoms with Gasteiger partial charge in [0.2, 0.25) is 5.91 Å². The zero-order valence-corrected chi connectivity index (χ0v) is 27.3. The van der Waals surface area contributed by atoms with Crippen molar-refractivity contribution in [3.05, 3.63) is 71.9 Å². The molecule has 0 radical (unpaired) electrons. The Bertz CT molecular complexity index is 1700. The second-order valence-corrected chi connectivity index (χ2v) is 14.4. The first-order valence-corrected chi connectivity index (χ1v) is 16.7. The van der Waals surface area contributed by atoms with Crippen molar-refractivity contribution in [3.8, 4) is 5.75 Å². The van der Waals surface area contributed by atoms with Crippen LogP contribution in [0.2, 0.25) is 0 Å². The zero-order valence-electron chi connectivity index (χ0n) is 27.3. The van der Waals surface area contributed by atoms with E-state index in [0.29, 0.717) is 40.6 Å². The Morgan fingerprint density at radius 1 is 1.13 bits per heavy atom. The van der Waals surface area contributed by atoms with Crippen molar-refractivity contribution in [2.45, 2.75) is 89.6 Å². The molecule has 2 N–H and O–H groups in total. The summed E-state index contributed by atoms with van der Waals surface area (Å²) in [5.74, 6) is -0.406. The van der Waals surface area contributed by atoms with Gasteiger partial charge in [-0.15, -0.1) is 0 Å². The average molecular weight is 640 g/mol. The first kappa shape index (κ1) is 31.6. The molecule has 47 heavy (non-hydrogen) atoms. The molecule has 5 fully saturated rings. The largest absolute Gasteiger partial charge is 0.481 e. The van der Waals surface area contributed by atoms with Gasteiger partial charge in [0, 0.05) is 30.6 Å². The first-order valence-electron chi connectivity index (χ1n) is 16.7. The van der Waals surface area contributed by atoms with Crippen LogP contribution in [0.3, 0.4) is 0 Å². The number of carbonyl (C=O) groups excluding carboxylic acids is 2. The Labute approximate surface area is 275 Å². The molecular formula is C36H42BN3O7. The minimum absolute atomic E-state index is 0.0451. The molecular weight excluding hydrogens is 597 g/mol. The van der Waals surface area contributed by atoms with E-state index in [9.17, 15) is 19.5 Å². The summed E-state index contributed by atoms with van der Waals surface area (Å²) >= 11 is 0. The number of aliphatic carboxylic acids is 1. The van der Waals surface area contributed by atoms with Gasteiger partial charge in [-0.2, -0.15) is 0 Å². The van der Waals surface area contributed by atoms with Crippen molar-refractivity contribution in [1.82, 2.24) is 15.2 Å². The van der Waals surface area contributed by atoms with Crippen molar-refractivity contribution >= 4 is 35.8 Å². The number of hydrogen-bond donors (Lipinski definition) is 2. The lowest BCUT2D eigenvalue weighted by molar-refractivity contribution is -0.199. The van der Waals surface area contributed by atoms with Crippen molar-refractivity contribution in [2.24, 2.45) is 17.3 Å². The smallest absolute Gasteiger partial charge is 0.478 e. The molecule has 10 nitrogen and oxygen atoms in total. The van der Waals surface area contributed by atoms with E-state index in [4.69, 9.17) is 14.0 Å². The van der Waals surface area contributed by atoms with E-state index in [1.54, 1.807) is 31.2 Å². The second kappa shape index (κ2) is 11.9. The summed E-state index contributed by atoms with van der Waals surface area (Å²) in [6.07, 6.45) is 4.48. The number of carbonyl (C=O) groups is 3. The Kier molecular flexibility index (Phi) is 8.03. The second-order valence-electron chi connectivity index (χ2n) is 14.4. The van der Waals surface area contributed by atoms with Gasteiger partial charge in [-0.1, -0.05) is 44.2 Å². The quantitative estimate of drug-likeness (QED) is 0.323. The van der Waals surface area contributed by atoms with E-state index in [1.165, 1.54) is 12.6 Å². The maximum Gasteiger partial charge on any atom is 0.481 e. The molecule has 3 aliphatic carbocycles. The highest BCUT2D eigenvalue weighted by Crippen LogP contribution is 2.66. The van der Waals surface area contributed by atoms with Crippen LogP contribution < -0.4 is 10.1 Å². The summed E-state index contributed by atoms with van der Waals surface area (Å²) in [7, 11) is -0.469. The normalized spacial score (nSPS) is 28.7. The molecule has 3 heterocycles. The number of ether oxygens (including phenoxy) is 1. The molecule has 3 aromatic rings. The Balaban J connectivity index is 1.01. The van der Waals surface area contributed by atoms with Crippen LogP contribution in [-0.2, 0) is 25.3 Å². The Morgan fingerprint density at radius 3 is 2.66 bits per heavy atom. The van der Waals surface area contributed by atoms with Crippen LogP contribution in [0.1, 0.15) is 69.3 Å². The van der Waals surface area contributed by atoms with Gasteiger partial charge in [0.15, 0.2) is 6.10 Å². The molecule has 11 heteroatoms. The van der Waals surface area contributed by atoms with Crippen LogP contribution in [0, 0.1) is 17.3 Å². The highest BCUT2D eigenvalue weighted by Gasteiger charge is 2.69. The summed E-state index contributed by atoms with van der Waals surface area (Å²) in [6.45, 7) is 9.15. The number of rotatable bonds is 9. The van der Waals surface area contributed by atoms with E-state index in [2.05, 4.69) is 31.1 Å². The highest BCUT2D eigenvalue weighted by molar-refractivity contribution is 6.48. The Morgan fingerprint density at radius 2 is 1.91 bits per heavy atom. The van der Waals surface area contributed by atoms with Gasteiger partial charge in [-0.05, 0) is 80.5 Å². The molecule has 2 aliphatic heterocycles. The van der Waals surface area contributed by atoms with Gasteiger partial charge in [-0.25, -0.2) is 4.79 Å². The summed E-state index contributed by atoms with van der Waals surface area (Å²) < 4.78 is 19.1.